The van der Waals surface area contributed by atoms with Gasteiger partial charge in [0.05, 0.1) is 5.69 Å². The minimum Gasteiger partial charge on any atom is -0.438 e. The van der Waals surface area contributed by atoms with E-state index in [0.29, 0.717) is 5.71 Å². The average Bonchev–Trinajstić information content (AvgIpc) is 3.56. The number of anilines is 3. The molecule has 9 aromatic rings. The van der Waals surface area contributed by atoms with Gasteiger partial charge in [0.15, 0.2) is 0 Å². The summed E-state index contributed by atoms with van der Waals surface area (Å²) in [6, 6.07) is 62.4. The molecule has 0 unspecified atom stereocenters. The van der Waals surface area contributed by atoms with E-state index >= 15 is 0 Å². The van der Waals surface area contributed by atoms with E-state index in [0.717, 1.165) is 49.9 Å². The molecular formula is C45H30N2O. The van der Waals surface area contributed by atoms with Crippen LogP contribution in [0.2, 0.25) is 0 Å². The summed E-state index contributed by atoms with van der Waals surface area (Å²) in [5.41, 5.74) is 11.9. The Labute approximate surface area is 279 Å². The Hall–Kier alpha value is -6.45. The lowest BCUT2D eigenvalue weighted by molar-refractivity contribution is 0.654. The Morgan fingerprint density at radius 1 is 0.438 bits per heavy atom. The van der Waals surface area contributed by atoms with Crippen molar-refractivity contribution >= 4 is 49.9 Å². The lowest BCUT2D eigenvalue weighted by atomic mass is 9.97. The third kappa shape index (κ3) is 4.90. The molecule has 3 nitrogen and oxygen atoms in total. The highest BCUT2D eigenvalue weighted by Gasteiger charge is 2.18. The van der Waals surface area contributed by atoms with E-state index in [2.05, 4.69) is 174 Å². The molecule has 0 N–H and O–H groups in total. The average molecular weight is 615 g/mol. The van der Waals surface area contributed by atoms with Crippen LogP contribution in [-0.2, 0) is 0 Å². The first-order valence-electron chi connectivity index (χ1n) is 16.2. The van der Waals surface area contributed by atoms with Gasteiger partial charge in [-0.05, 0) is 93.2 Å². The number of nitrogens with zero attached hydrogens (tertiary/aromatic N) is 2. The zero-order valence-electron chi connectivity index (χ0n) is 26.1. The second kappa shape index (κ2) is 11.7. The molecular weight excluding hydrogens is 585 g/mol. The van der Waals surface area contributed by atoms with Crippen molar-refractivity contribution in [1.82, 2.24) is 4.98 Å². The molecule has 0 atom stereocenters. The molecule has 226 valence electrons. The maximum atomic E-state index is 6.09. The van der Waals surface area contributed by atoms with Crippen LogP contribution in [0.5, 0.6) is 0 Å². The Morgan fingerprint density at radius 2 is 1.02 bits per heavy atom. The van der Waals surface area contributed by atoms with Crippen LogP contribution in [0.1, 0.15) is 0 Å². The van der Waals surface area contributed by atoms with Gasteiger partial charge in [-0.1, -0.05) is 121 Å². The molecule has 0 saturated heterocycles. The maximum absolute atomic E-state index is 6.09. The number of hydrogen-bond acceptors (Lipinski definition) is 3. The van der Waals surface area contributed by atoms with Gasteiger partial charge in [0.2, 0.25) is 5.71 Å². The Bertz CT molecular complexity index is 2540. The molecule has 0 fully saturated rings. The van der Waals surface area contributed by atoms with E-state index in [4.69, 9.17) is 4.42 Å². The number of pyridine rings is 1. The van der Waals surface area contributed by atoms with Crippen molar-refractivity contribution in [2.45, 2.75) is 0 Å². The predicted octanol–water partition coefficient (Wildman–Crippen LogP) is 12.6. The first kappa shape index (κ1) is 27.8. The van der Waals surface area contributed by atoms with Gasteiger partial charge in [0.25, 0.3) is 0 Å². The minimum absolute atomic E-state index is 0.669. The van der Waals surface area contributed by atoms with Crippen LogP contribution in [0.25, 0.3) is 66.2 Å². The Kier molecular flexibility index (Phi) is 6.80. The summed E-state index contributed by atoms with van der Waals surface area (Å²) in [6.45, 7) is 0. The summed E-state index contributed by atoms with van der Waals surface area (Å²) >= 11 is 0. The van der Waals surface area contributed by atoms with E-state index in [-0.39, 0.29) is 0 Å². The van der Waals surface area contributed by atoms with E-state index in [1.54, 1.807) is 6.20 Å². The van der Waals surface area contributed by atoms with Gasteiger partial charge in [-0.25, -0.2) is 4.98 Å². The van der Waals surface area contributed by atoms with Gasteiger partial charge >= 0.3 is 0 Å². The van der Waals surface area contributed by atoms with E-state index in [1.165, 1.54) is 27.6 Å². The molecule has 9 rings (SSSR count). The van der Waals surface area contributed by atoms with Crippen molar-refractivity contribution in [3.8, 4) is 33.4 Å². The largest absolute Gasteiger partial charge is 0.438 e. The van der Waals surface area contributed by atoms with E-state index in [9.17, 15) is 0 Å². The summed E-state index contributed by atoms with van der Waals surface area (Å²) < 4.78 is 6.09. The predicted molar refractivity (Wildman–Crippen MR) is 200 cm³/mol. The van der Waals surface area contributed by atoms with Crippen LogP contribution in [0, 0.1) is 0 Å². The second-order valence-corrected chi connectivity index (χ2v) is 12.0. The fourth-order valence-electron chi connectivity index (χ4n) is 6.80. The lowest BCUT2D eigenvalue weighted by Crippen LogP contribution is -2.11. The highest BCUT2D eigenvalue weighted by Crippen LogP contribution is 2.42. The van der Waals surface area contributed by atoms with Gasteiger partial charge < -0.3 is 9.32 Å². The highest BCUT2D eigenvalue weighted by atomic mass is 16.3. The molecule has 2 heterocycles. The van der Waals surface area contributed by atoms with Crippen LogP contribution in [0.15, 0.2) is 187 Å². The van der Waals surface area contributed by atoms with E-state index in [1.807, 2.05) is 12.1 Å². The maximum Gasteiger partial charge on any atom is 0.227 e. The molecule has 0 saturated carbocycles. The van der Waals surface area contributed by atoms with Gasteiger partial charge in [-0.15, -0.1) is 0 Å². The van der Waals surface area contributed by atoms with Crippen LogP contribution in [0.3, 0.4) is 0 Å². The third-order valence-corrected chi connectivity index (χ3v) is 9.15. The van der Waals surface area contributed by atoms with Gasteiger partial charge in [0, 0.05) is 33.9 Å². The molecule has 3 heteroatoms. The lowest BCUT2D eigenvalue weighted by Gasteiger charge is -2.28. The first-order valence-corrected chi connectivity index (χ1v) is 16.2. The number of rotatable bonds is 6. The fraction of sp³-hybridized carbons (Fsp3) is 0. The number of benzene rings is 7. The normalized spacial score (nSPS) is 11.3. The highest BCUT2D eigenvalue weighted by molar-refractivity contribution is 6.18. The SMILES string of the molecule is c1ccc(-c2ccc(N(c3ccc(-c4ccc5ccc6oc7ncccc7c6c5c4)cc3)c3ccccc3-c3ccccc3)cc2)cc1. The molecule has 0 amide bonds. The second-order valence-electron chi connectivity index (χ2n) is 12.0. The summed E-state index contributed by atoms with van der Waals surface area (Å²) in [5.74, 6) is 0. The molecule has 0 aliphatic carbocycles. The van der Waals surface area contributed by atoms with Gasteiger partial charge in [0.1, 0.15) is 5.58 Å². The molecule has 2 aromatic heterocycles. The number of para-hydroxylation sites is 1. The zero-order valence-corrected chi connectivity index (χ0v) is 26.1. The van der Waals surface area contributed by atoms with Crippen molar-refractivity contribution in [2.75, 3.05) is 4.90 Å². The molecule has 48 heavy (non-hydrogen) atoms. The van der Waals surface area contributed by atoms with Crippen molar-refractivity contribution < 1.29 is 4.42 Å². The minimum atomic E-state index is 0.669. The number of furan rings is 1. The van der Waals surface area contributed by atoms with Gasteiger partial charge in [-0.3, -0.25) is 0 Å². The molecule has 0 aliphatic rings. The summed E-state index contributed by atoms with van der Waals surface area (Å²) in [7, 11) is 0. The summed E-state index contributed by atoms with van der Waals surface area (Å²) in [6.07, 6.45) is 1.78. The topological polar surface area (TPSA) is 29.3 Å². The molecule has 0 bridgehead atoms. The third-order valence-electron chi connectivity index (χ3n) is 9.15. The first-order chi connectivity index (χ1) is 23.8. The zero-order chi connectivity index (χ0) is 31.9. The monoisotopic (exact) mass is 614 g/mol. The molecule has 0 aliphatic heterocycles. The van der Waals surface area contributed by atoms with Crippen LogP contribution in [-0.4, -0.2) is 4.98 Å². The summed E-state index contributed by atoms with van der Waals surface area (Å²) in [4.78, 5) is 6.81. The van der Waals surface area contributed by atoms with Crippen molar-refractivity contribution in [1.29, 1.82) is 0 Å². The van der Waals surface area contributed by atoms with E-state index < -0.39 is 0 Å². The van der Waals surface area contributed by atoms with Crippen molar-refractivity contribution in [2.24, 2.45) is 0 Å². The molecule has 0 radical (unpaired) electrons. The fourth-order valence-corrected chi connectivity index (χ4v) is 6.80. The number of aromatic nitrogens is 1. The Morgan fingerprint density at radius 3 is 1.75 bits per heavy atom. The molecule has 7 aromatic carbocycles. The number of fused-ring (bicyclic) bond motifs is 5. The van der Waals surface area contributed by atoms with Crippen LogP contribution in [0.4, 0.5) is 17.1 Å². The van der Waals surface area contributed by atoms with Gasteiger partial charge in [-0.2, -0.15) is 0 Å². The quantitative estimate of drug-likeness (QED) is 0.187. The molecule has 0 spiro atoms. The smallest absolute Gasteiger partial charge is 0.227 e. The standard InChI is InChI=1S/C45H30N2O/c1-3-10-31(11-4-1)32-19-24-37(25-20-32)47(42-16-8-7-14-39(42)34-12-5-2-6-13-34)38-26-21-33(22-27-38)36-18-17-35-23-28-43-44(41(35)30-36)40-15-9-29-46-45(40)48-43/h1-30H. The summed E-state index contributed by atoms with van der Waals surface area (Å²) in [5, 5.41) is 4.49. The van der Waals surface area contributed by atoms with Crippen LogP contribution < -0.4 is 4.90 Å². The Balaban J connectivity index is 1.15. The van der Waals surface area contributed by atoms with Crippen molar-refractivity contribution in [3.63, 3.8) is 0 Å². The van der Waals surface area contributed by atoms with Crippen molar-refractivity contribution in [3.05, 3.63) is 182 Å². The van der Waals surface area contributed by atoms with Crippen LogP contribution >= 0.6 is 0 Å². The number of hydrogen-bond donors (Lipinski definition) is 0.